The lowest BCUT2D eigenvalue weighted by Crippen LogP contribution is -1.99. The van der Waals surface area contributed by atoms with Crippen LogP contribution in [0.1, 0.15) is 16.1 Å². The molecule has 1 N–H and O–H groups in total. The Labute approximate surface area is 129 Å². The van der Waals surface area contributed by atoms with Crippen molar-refractivity contribution in [3.63, 3.8) is 0 Å². The van der Waals surface area contributed by atoms with Crippen LogP contribution in [0.15, 0.2) is 53.9 Å². The molecular weight excluding hydrogens is 276 g/mol. The Morgan fingerprint density at radius 2 is 1.90 bits per heavy atom. The molecule has 0 unspecified atom stereocenters. The Hall–Kier alpha value is -2.13. The maximum atomic E-state index is 4.54. The van der Waals surface area contributed by atoms with Crippen LogP contribution in [0.5, 0.6) is 0 Å². The number of hydrogen-bond acceptors (Lipinski definition) is 3. The summed E-state index contributed by atoms with van der Waals surface area (Å²) in [7, 11) is 0. The van der Waals surface area contributed by atoms with E-state index in [-0.39, 0.29) is 0 Å². The molecule has 0 amide bonds. The SMILES string of the molecule is Cc1cccc(CNc2cccc(-c3csc(C)n3)c2)c1. The molecule has 2 aromatic carbocycles. The number of hydrogen-bond donors (Lipinski definition) is 1. The van der Waals surface area contributed by atoms with Gasteiger partial charge in [-0.25, -0.2) is 4.98 Å². The molecule has 1 heterocycles. The van der Waals surface area contributed by atoms with Gasteiger partial charge in [0, 0.05) is 23.2 Å². The quantitative estimate of drug-likeness (QED) is 0.729. The Morgan fingerprint density at radius 3 is 2.67 bits per heavy atom. The standard InChI is InChI=1S/C18H18N2S/c1-13-5-3-6-15(9-13)11-19-17-8-4-7-16(10-17)18-12-21-14(2)20-18/h3-10,12,19H,11H2,1-2H3. The zero-order valence-corrected chi connectivity index (χ0v) is 13.1. The molecule has 0 aliphatic rings. The summed E-state index contributed by atoms with van der Waals surface area (Å²) in [6.07, 6.45) is 0. The van der Waals surface area contributed by atoms with Gasteiger partial charge in [-0.15, -0.1) is 11.3 Å². The lowest BCUT2D eigenvalue weighted by molar-refractivity contribution is 1.14. The number of rotatable bonds is 4. The Kier molecular flexibility index (Phi) is 4.02. The molecule has 0 fully saturated rings. The second-order valence-electron chi connectivity index (χ2n) is 5.18. The van der Waals surface area contributed by atoms with Gasteiger partial charge in [0.25, 0.3) is 0 Å². The Morgan fingerprint density at radius 1 is 1.05 bits per heavy atom. The topological polar surface area (TPSA) is 24.9 Å². The van der Waals surface area contributed by atoms with E-state index in [0.717, 1.165) is 28.5 Å². The van der Waals surface area contributed by atoms with Crippen molar-refractivity contribution in [2.24, 2.45) is 0 Å². The van der Waals surface area contributed by atoms with Gasteiger partial charge in [0.05, 0.1) is 10.7 Å². The summed E-state index contributed by atoms with van der Waals surface area (Å²) in [5.74, 6) is 0. The van der Waals surface area contributed by atoms with Crippen LogP contribution in [0, 0.1) is 13.8 Å². The lowest BCUT2D eigenvalue weighted by atomic mass is 10.1. The Bertz CT molecular complexity index is 746. The summed E-state index contributed by atoms with van der Waals surface area (Å²) in [6.45, 7) is 4.99. The average molecular weight is 294 g/mol. The molecule has 3 aromatic rings. The summed E-state index contributed by atoms with van der Waals surface area (Å²) >= 11 is 1.69. The second-order valence-corrected chi connectivity index (χ2v) is 6.24. The van der Waals surface area contributed by atoms with E-state index in [1.54, 1.807) is 11.3 Å². The molecule has 0 saturated carbocycles. The third-order valence-electron chi connectivity index (χ3n) is 3.36. The number of nitrogens with one attached hydrogen (secondary N) is 1. The maximum Gasteiger partial charge on any atom is 0.0901 e. The fourth-order valence-electron chi connectivity index (χ4n) is 2.31. The van der Waals surface area contributed by atoms with Crippen LogP contribution in [0.3, 0.4) is 0 Å². The number of anilines is 1. The molecule has 0 atom stereocenters. The van der Waals surface area contributed by atoms with Crippen LogP contribution >= 0.6 is 11.3 Å². The van der Waals surface area contributed by atoms with Crippen molar-refractivity contribution in [3.8, 4) is 11.3 Å². The first-order chi connectivity index (χ1) is 10.2. The van der Waals surface area contributed by atoms with E-state index in [9.17, 15) is 0 Å². The number of aromatic nitrogens is 1. The average Bonchev–Trinajstić information content (AvgIpc) is 2.92. The van der Waals surface area contributed by atoms with E-state index in [1.165, 1.54) is 11.1 Å². The zero-order chi connectivity index (χ0) is 14.7. The predicted molar refractivity (Wildman–Crippen MR) is 90.8 cm³/mol. The maximum absolute atomic E-state index is 4.54. The van der Waals surface area contributed by atoms with Crippen LogP contribution in [-0.4, -0.2) is 4.98 Å². The van der Waals surface area contributed by atoms with Gasteiger partial charge >= 0.3 is 0 Å². The molecule has 0 spiro atoms. The van der Waals surface area contributed by atoms with E-state index in [1.807, 2.05) is 6.92 Å². The monoisotopic (exact) mass is 294 g/mol. The molecule has 3 heteroatoms. The van der Waals surface area contributed by atoms with E-state index in [4.69, 9.17) is 0 Å². The van der Waals surface area contributed by atoms with E-state index >= 15 is 0 Å². The molecule has 21 heavy (non-hydrogen) atoms. The van der Waals surface area contributed by atoms with Gasteiger partial charge in [0.15, 0.2) is 0 Å². The highest BCUT2D eigenvalue weighted by molar-refractivity contribution is 7.09. The molecule has 0 aliphatic carbocycles. The van der Waals surface area contributed by atoms with Gasteiger partial charge in [-0.1, -0.05) is 42.0 Å². The van der Waals surface area contributed by atoms with Crippen LogP contribution in [0.4, 0.5) is 5.69 Å². The van der Waals surface area contributed by atoms with Crippen LogP contribution < -0.4 is 5.32 Å². The van der Waals surface area contributed by atoms with Crippen molar-refractivity contribution in [1.82, 2.24) is 4.98 Å². The molecular formula is C18H18N2S. The largest absolute Gasteiger partial charge is 0.381 e. The summed E-state index contributed by atoms with van der Waals surface area (Å²) in [5, 5.41) is 6.69. The first-order valence-corrected chi connectivity index (χ1v) is 7.91. The summed E-state index contributed by atoms with van der Waals surface area (Å²) in [5.41, 5.74) is 5.93. The molecule has 106 valence electrons. The highest BCUT2D eigenvalue weighted by Gasteiger charge is 2.03. The highest BCUT2D eigenvalue weighted by Crippen LogP contribution is 2.24. The van der Waals surface area contributed by atoms with Crippen LogP contribution in [-0.2, 0) is 6.54 Å². The van der Waals surface area contributed by atoms with E-state index in [2.05, 4.69) is 71.1 Å². The van der Waals surface area contributed by atoms with Crippen molar-refractivity contribution in [3.05, 3.63) is 70.0 Å². The summed E-state index contributed by atoms with van der Waals surface area (Å²) in [4.78, 5) is 4.54. The van der Waals surface area contributed by atoms with E-state index in [0.29, 0.717) is 0 Å². The number of nitrogens with zero attached hydrogens (tertiary/aromatic N) is 1. The van der Waals surface area contributed by atoms with E-state index < -0.39 is 0 Å². The molecule has 1 aromatic heterocycles. The van der Waals surface area contributed by atoms with Crippen LogP contribution in [0.25, 0.3) is 11.3 Å². The van der Waals surface area contributed by atoms with Crippen molar-refractivity contribution < 1.29 is 0 Å². The third-order valence-corrected chi connectivity index (χ3v) is 4.13. The second kappa shape index (κ2) is 6.10. The minimum atomic E-state index is 0.835. The molecule has 0 saturated heterocycles. The molecule has 0 radical (unpaired) electrons. The molecule has 0 aliphatic heterocycles. The molecule has 0 bridgehead atoms. The molecule has 3 rings (SSSR count). The minimum Gasteiger partial charge on any atom is -0.381 e. The lowest BCUT2D eigenvalue weighted by Gasteiger charge is -2.08. The van der Waals surface area contributed by atoms with Gasteiger partial charge in [-0.05, 0) is 31.5 Å². The number of aryl methyl sites for hydroxylation is 2. The van der Waals surface area contributed by atoms with Crippen molar-refractivity contribution in [1.29, 1.82) is 0 Å². The van der Waals surface area contributed by atoms with Crippen molar-refractivity contribution in [2.45, 2.75) is 20.4 Å². The third kappa shape index (κ3) is 3.50. The fourth-order valence-corrected chi connectivity index (χ4v) is 2.93. The smallest absolute Gasteiger partial charge is 0.0901 e. The summed E-state index contributed by atoms with van der Waals surface area (Å²) in [6, 6.07) is 17.0. The molecule has 2 nitrogen and oxygen atoms in total. The first kappa shape index (κ1) is 13.8. The van der Waals surface area contributed by atoms with Gasteiger partial charge in [-0.3, -0.25) is 0 Å². The number of thiazole rings is 1. The number of benzene rings is 2. The van der Waals surface area contributed by atoms with Gasteiger partial charge in [-0.2, -0.15) is 0 Å². The summed E-state index contributed by atoms with van der Waals surface area (Å²) < 4.78 is 0. The normalized spacial score (nSPS) is 10.6. The van der Waals surface area contributed by atoms with Gasteiger partial charge in [0.2, 0.25) is 0 Å². The Balaban J connectivity index is 1.74. The minimum absolute atomic E-state index is 0.835. The van der Waals surface area contributed by atoms with Crippen LogP contribution in [0.2, 0.25) is 0 Å². The zero-order valence-electron chi connectivity index (χ0n) is 12.3. The fraction of sp³-hybridized carbons (Fsp3) is 0.167. The van der Waals surface area contributed by atoms with Gasteiger partial charge in [0.1, 0.15) is 0 Å². The van der Waals surface area contributed by atoms with Gasteiger partial charge < -0.3 is 5.32 Å². The first-order valence-electron chi connectivity index (χ1n) is 7.03. The van der Waals surface area contributed by atoms with Crippen molar-refractivity contribution in [2.75, 3.05) is 5.32 Å². The predicted octanol–water partition coefficient (Wildman–Crippen LogP) is 5.04. The highest BCUT2D eigenvalue weighted by atomic mass is 32.1. The van der Waals surface area contributed by atoms with Crippen molar-refractivity contribution >= 4 is 17.0 Å².